The normalized spacial score (nSPS) is 10.5. The second-order valence-corrected chi connectivity index (χ2v) is 5.21. The molecule has 2 aromatic carbocycles. The van der Waals surface area contributed by atoms with E-state index in [-0.39, 0.29) is 5.97 Å². The van der Waals surface area contributed by atoms with Crippen molar-refractivity contribution in [3.05, 3.63) is 83.6 Å². The van der Waals surface area contributed by atoms with Crippen LogP contribution in [-0.4, -0.2) is 12.6 Å². The van der Waals surface area contributed by atoms with Gasteiger partial charge in [0.1, 0.15) is 11.3 Å². The third kappa shape index (κ3) is 3.34. The van der Waals surface area contributed by atoms with E-state index in [0.29, 0.717) is 24.4 Å². The number of carbonyl (C=O) groups is 1. The van der Waals surface area contributed by atoms with Crippen LogP contribution in [0.5, 0.6) is 0 Å². The minimum atomic E-state index is -0.342. The molecule has 0 fully saturated rings. The Morgan fingerprint density at radius 3 is 2.30 bits per heavy atom. The summed E-state index contributed by atoms with van der Waals surface area (Å²) in [4.78, 5) is 12.4. The van der Waals surface area contributed by atoms with Crippen molar-refractivity contribution in [3.63, 3.8) is 0 Å². The summed E-state index contributed by atoms with van der Waals surface area (Å²) in [5, 5.41) is 0. The van der Waals surface area contributed by atoms with Gasteiger partial charge in [0.25, 0.3) is 0 Å². The van der Waals surface area contributed by atoms with Gasteiger partial charge in [-0.05, 0) is 12.5 Å². The molecular weight excluding hydrogens is 288 g/mol. The number of carbonyl (C=O) groups excluding carboxylic acids is 1. The maximum absolute atomic E-state index is 12.4. The van der Waals surface area contributed by atoms with Crippen LogP contribution in [0.1, 0.15) is 28.4 Å². The summed E-state index contributed by atoms with van der Waals surface area (Å²) in [6.07, 6.45) is 2.28. The van der Waals surface area contributed by atoms with E-state index in [2.05, 4.69) is 0 Å². The quantitative estimate of drug-likeness (QED) is 0.641. The highest BCUT2D eigenvalue weighted by Crippen LogP contribution is 2.30. The molecular formula is C20H18O3. The third-order valence-electron chi connectivity index (χ3n) is 3.62. The van der Waals surface area contributed by atoms with E-state index in [1.54, 1.807) is 13.2 Å². The van der Waals surface area contributed by atoms with E-state index in [9.17, 15) is 4.79 Å². The maximum atomic E-state index is 12.4. The summed E-state index contributed by atoms with van der Waals surface area (Å²) in [6.45, 7) is 2.14. The van der Waals surface area contributed by atoms with Crippen molar-refractivity contribution >= 4 is 5.97 Å². The number of furan rings is 1. The van der Waals surface area contributed by atoms with Crippen molar-refractivity contribution in [3.8, 4) is 11.3 Å². The Morgan fingerprint density at radius 2 is 1.65 bits per heavy atom. The molecule has 0 N–H and O–H groups in total. The SMILES string of the molecule is CCOC(=O)c1c(Cc2ccccc2)coc1-c1ccccc1. The minimum Gasteiger partial charge on any atom is -0.463 e. The van der Waals surface area contributed by atoms with Crippen LogP contribution in [0.2, 0.25) is 0 Å². The van der Waals surface area contributed by atoms with Crippen molar-refractivity contribution in [2.24, 2.45) is 0 Å². The summed E-state index contributed by atoms with van der Waals surface area (Å²) in [5.74, 6) is 0.223. The monoisotopic (exact) mass is 306 g/mol. The highest BCUT2D eigenvalue weighted by molar-refractivity contribution is 5.97. The highest BCUT2D eigenvalue weighted by Gasteiger charge is 2.23. The van der Waals surface area contributed by atoms with E-state index in [0.717, 1.165) is 16.7 Å². The zero-order valence-electron chi connectivity index (χ0n) is 13.0. The van der Waals surface area contributed by atoms with E-state index in [1.165, 1.54) is 0 Å². The van der Waals surface area contributed by atoms with Gasteiger partial charge < -0.3 is 9.15 Å². The number of ether oxygens (including phenoxy) is 1. The van der Waals surface area contributed by atoms with Gasteiger partial charge in [0.15, 0.2) is 0 Å². The van der Waals surface area contributed by atoms with Crippen LogP contribution < -0.4 is 0 Å². The van der Waals surface area contributed by atoms with Gasteiger partial charge in [0.05, 0.1) is 12.9 Å². The Balaban J connectivity index is 2.03. The van der Waals surface area contributed by atoms with Crippen LogP contribution in [0.15, 0.2) is 71.3 Å². The first-order valence-electron chi connectivity index (χ1n) is 7.66. The maximum Gasteiger partial charge on any atom is 0.342 e. The number of hydrogen-bond donors (Lipinski definition) is 0. The molecule has 3 rings (SSSR count). The molecule has 23 heavy (non-hydrogen) atoms. The molecule has 0 amide bonds. The molecule has 1 heterocycles. The number of esters is 1. The lowest BCUT2D eigenvalue weighted by Gasteiger charge is -2.06. The van der Waals surface area contributed by atoms with Crippen molar-refractivity contribution in [2.75, 3.05) is 6.61 Å². The Kier molecular flexibility index (Phi) is 4.57. The highest BCUT2D eigenvalue weighted by atomic mass is 16.5. The fourth-order valence-electron chi connectivity index (χ4n) is 2.57. The third-order valence-corrected chi connectivity index (χ3v) is 3.62. The number of hydrogen-bond acceptors (Lipinski definition) is 3. The molecule has 0 aliphatic carbocycles. The first kappa shape index (κ1) is 15.1. The summed E-state index contributed by atoms with van der Waals surface area (Å²) in [5.41, 5.74) is 3.35. The van der Waals surface area contributed by atoms with Gasteiger partial charge in [-0.1, -0.05) is 60.7 Å². The summed E-state index contributed by atoms with van der Waals surface area (Å²) < 4.78 is 10.9. The number of benzene rings is 2. The van der Waals surface area contributed by atoms with E-state index in [4.69, 9.17) is 9.15 Å². The molecule has 0 saturated carbocycles. The number of rotatable bonds is 5. The topological polar surface area (TPSA) is 39.4 Å². The molecule has 0 aliphatic rings. The van der Waals surface area contributed by atoms with E-state index in [1.807, 2.05) is 60.7 Å². The first-order valence-corrected chi connectivity index (χ1v) is 7.66. The van der Waals surface area contributed by atoms with Gasteiger partial charge >= 0.3 is 5.97 Å². The molecule has 0 saturated heterocycles. The van der Waals surface area contributed by atoms with Crippen LogP contribution in [0.3, 0.4) is 0 Å². The molecule has 3 heteroatoms. The standard InChI is InChI=1S/C20H18O3/c1-2-22-20(21)18-17(13-15-9-5-3-6-10-15)14-23-19(18)16-11-7-4-8-12-16/h3-12,14H,2,13H2,1H3. The molecule has 0 radical (unpaired) electrons. The van der Waals surface area contributed by atoms with Crippen molar-refractivity contribution in [2.45, 2.75) is 13.3 Å². The minimum absolute atomic E-state index is 0.336. The lowest BCUT2D eigenvalue weighted by molar-refractivity contribution is 0.0526. The van der Waals surface area contributed by atoms with E-state index >= 15 is 0 Å². The molecule has 0 bridgehead atoms. The average molecular weight is 306 g/mol. The molecule has 0 aliphatic heterocycles. The van der Waals surface area contributed by atoms with Gasteiger partial charge in [0.2, 0.25) is 0 Å². The fraction of sp³-hybridized carbons (Fsp3) is 0.150. The molecule has 116 valence electrons. The van der Waals surface area contributed by atoms with Crippen LogP contribution in [0.4, 0.5) is 0 Å². The second-order valence-electron chi connectivity index (χ2n) is 5.21. The molecule has 0 atom stereocenters. The van der Waals surface area contributed by atoms with Crippen molar-refractivity contribution < 1.29 is 13.9 Å². The Morgan fingerprint density at radius 1 is 1.00 bits per heavy atom. The Labute approximate surface area is 135 Å². The van der Waals surface area contributed by atoms with Crippen LogP contribution in [-0.2, 0) is 11.2 Å². The van der Waals surface area contributed by atoms with Crippen molar-refractivity contribution in [1.82, 2.24) is 0 Å². The van der Waals surface area contributed by atoms with Crippen LogP contribution >= 0.6 is 0 Å². The molecule has 3 nitrogen and oxygen atoms in total. The summed E-state index contributed by atoms with van der Waals surface area (Å²) in [7, 11) is 0. The van der Waals surface area contributed by atoms with Gasteiger partial charge in [-0.25, -0.2) is 4.79 Å². The predicted molar refractivity (Wildman–Crippen MR) is 89.3 cm³/mol. The first-order chi connectivity index (χ1) is 11.3. The Bertz CT molecular complexity index is 773. The molecule has 0 unspecified atom stereocenters. The van der Waals surface area contributed by atoms with Gasteiger partial charge in [-0.15, -0.1) is 0 Å². The summed E-state index contributed by atoms with van der Waals surface area (Å²) >= 11 is 0. The molecule has 0 spiro atoms. The molecule has 3 aromatic rings. The zero-order valence-corrected chi connectivity index (χ0v) is 13.0. The lowest BCUT2D eigenvalue weighted by Crippen LogP contribution is -2.08. The van der Waals surface area contributed by atoms with Crippen LogP contribution in [0.25, 0.3) is 11.3 Å². The van der Waals surface area contributed by atoms with Crippen molar-refractivity contribution in [1.29, 1.82) is 0 Å². The van der Waals surface area contributed by atoms with Gasteiger partial charge in [0, 0.05) is 17.5 Å². The second kappa shape index (κ2) is 6.97. The predicted octanol–water partition coefficient (Wildman–Crippen LogP) is 4.71. The smallest absolute Gasteiger partial charge is 0.342 e. The zero-order chi connectivity index (χ0) is 16.1. The molecule has 1 aromatic heterocycles. The largest absolute Gasteiger partial charge is 0.463 e. The lowest BCUT2D eigenvalue weighted by atomic mass is 10.00. The summed E-state index contributed by atoms with van der Waals surface area (Å²) in [6, 6.07) is 19.6. The fourth-order valence-corrected chi connectivity index (χ4v) is 2.57. The average Bonchev–Trinajstić information content (AvgIpc) is 3.00. The van der Waals surface area contributed by atoms with Gasteiger partial charge in [-0.2, -0.15) is 0 Å². The van der Waals surface area contributed by atoms with Gasteiger partial charge in [-0.3, -0.25) is 0 Å². The Hall–Kier alpha value is -2.81. The van der Waals surface area contributed by atoms with E-state index < -0.39 is 0 Å². The van der Waals surface area contributed by atoms with Crippen LogP contribution in [0, 0.1) is 0 Å².